The molecule has 0 aliphatic rings. The van der Waals surface area contributed by atoms with Gasteiger partial charge in [0.25, 0.3) is 0 Å². The van der Waals surface area contributed by atoms with Crippen molar-refractivity contribution in [3.8, 4) is 17.2 Å². The number of benzene rings is 4. The van der Waals surface area contributed by atoms with Crippen LogP contribution in [0.25, 0.3) is 10.8 Å². The van der Waals surface area contributed by atoms with Gasteiger partial charge in [-0.1, -0.05) is 77.3 Å². The Balaban J connectivity index is 1.28. The first-order valence-corrected chi connectivity index (χ1v) is 17.7. The molecule has 4 aromatic rings. The molecule has 1 atom stereocenters. The smallest absolute Gasteiger partial charge is 0.425 e. The first kappa shape index (κ1) is 38.9. The molecule has 1 unspecified atom stereocenters. The lowest BCUT2D eigenvalue weighted by Gasteiger charge is -2.20. The van der Waals surface area contributed by atoms with Crippen molar-refractivity contribution in [2.24, 2.45) is 0 Å². The molecular weight excluding hydrogens is 661 g/mol. The highest BCUT2D eigenvalue weighted by molar-refractivity contribution is 5.97. The van der Waals surface area contributed by atoms with E-state index >= 15 is 0 Å². The van der Waals surface area contributed by atoms with Crippen LogP contribution in [0.4, 0.5) is 13.2 Å². The first-order valence-electron chi connectivity index (χ1n) is 17.7. The molecule has 0 aliphatic carbocycles. The normalized spacial score (nSPS) is 11.9. The van der Waals surface area contributed by atoms with Crippen molar-refractivity contribution in [1.82, 2.24) is 0 Å². The highest BCUT2D eigenvalue weighted by Crippen LogP contribution is 2.29. The number of carbonyl (C=O) groups excluding carboxylic acids is 3. The van der Waals surface area contributed by atoms with Gasteiger partial charge in [0.15, 0.2) is 6.10 Å². The van der Waals surface area contributed by atoms with E-state index in [1.165, 1.54) is 49.9 Å². The molecule has 0 amide bonds. The summed E-state index contributed by atoms with van der Waals surface area (Å²) in [4.78, 5) is 38.1. The second kappa shape index (κ2) is 19.5. The van der Waals surface area contributed by atoms with Crippen LogP contribution in [0, 0.1) is 0 Å². The van der Waals surface area contributed by atoms with Crippen LogP contribution < -0.4 is 14.2 Å². The van der Waals surface area contributed by atoms with E-state index in [1.807, 2.05) is 6.92 Å². The minimum Gasteiger partial charge on any atom is -0.494 e. The van der Waals surface area contributed by atoms with Gasteiger partial charge in [-0.3, -0.25) is 0 Å². The quantitative estimate of drug-likeness (QED) is 0.0545. The van der Waals surface area contributed by atoms with Gasteiger partial charge in [0.1, 0.15) is 17.2 Å². The lowest BCUT2D eigenvalue weighted by atomic mass is 10.1. The predicted octanol–water partition coefficient (Wildman–Crippen LogP) is 11.1. The maximum Gasteiger partial charge on any atom is 0.425 e. The fourth-order valence-electron chi connectivity index (χ4n) is 5.41. The number of fused-ring (bicyclic) bond motifs is 1. The molecule has 0 heterocycles. The van der Waals surface area contributed by atoms with Crippen molar-refractivity contribution in [3.63, 3.8) is 0 Å². The molecule has 4 rings (SSSR count). The molecule has 0 spiro atoms. The van der Waals surface area contributed by atoms with Crippen LogP contribution in [0.3, 0.4) is 0 Å². The van der Waals surface area contributed by atoms with Gasteiger partial charge in [-0.2, -0.15) is 13.2 Å². The van der Waals surface area contributed by atoms with Crippen LogP contribution in [0.1, 0.15) is 116 Å². The zero-order valence-corrected chi connectivity index (χ0v) is 29.1. The summed E-state index contributed by atoms with van der Waals surface area (Å²) in [7, 11) is 0. The van der Waals surface area contributed by atoms with E-state index < -0.39 is 30.2 Å². The summed E-state index contributed by atoms with van der Waals surface area (Å²) < 4.78 is 61.9. The SMILES string of the molecule is CCCCCCCCOc1ccc(C(=O)Oc2ccc3cc(C(=O)Oc4ccc(C(=O)OC(CCCCCC)C(F)(F)F)cc4)ccc3c2)cc1. The fraction of sp³-hybridized carbons (Fsp3) is 0.390. The van der Waals surface area contributed by atoms with Gasteiger partial charge in [-0.25, -0.2) is 14.4 Å². The maximum atomic E-state index is 13.4. The van der Waals surface area contributed by atoms with E-state index in [9.17, 15) is 27.6 Å². The highest BCUT2D eigenvalue weighted by atomic mass is 19.4. The second-order valence-corrected chi connectivity index (χ2v) is 12.5. The number of carbonyl (C=O) groups is 3. The Bertz CT molecular complexity index is 1720. The highest BCUT2D eigenvalue weighted by Gasteiger charge is 2.42. The molecule has 272 valence electrons. The van der Waals surface area contributed by atoms with Gasteiger partial charge in [0.2, 0.25) is 0 Å². The zero-order chi connectivity index (χ0) is 36.6. The Hall–Kier alpha value is -4.86. The van der Waals surface area contributed by atoms with Crippen molar-refractivity contribution < 1.29 is 46.5 Å². The minimum absolute atomic E-state index is 0.0929. The largest absolute Gasteiger partial charge is 0.494 e. The summed E-state index contributed by atoms with van der Waals surface area (Å²) in [5.41, 5.74) is 0.531. The van der Waals surface area contributed by atoms with E-state index in [2.05, 4.69) is 6.92 Å². The van der Waals surface area contributed by atoms with Crippen LogP contribution in [0.2, 0.25) is 0 Å². The number of ether oxygens (including phenoxy) is 4. The molecule has 10 heteroatoms. The molecule has 7 nitrogen and oxygen atoms in total. The van der Waals surface area contributed by atoms with Crippen molar-refractivity contribution in [2.45, 2.75) is 96.8 Å². The monoisotopic (exact) mass is 706 g/mol. The number of alkyl halides is 3. The Morgan fingerprint density at radius 1 is 0.549 bits per heavy atom. The van der Waals surface area contributed by atoms with Crippen molar-refractivity contribution in [1.29, 1.82) is 0 Å². The average molecular weight is 707 g/mol. The molecule has 0 bridgehead atoms. The summed E-state index contributed by atoms with van der Waals surface area (Å²) >= 11 is 0. The van der Waals surface area contributed by atoms with Crippen LogP contribution in [0.5, 0.6) is 17.2 Å². The average Bonchev–Trinajstić information content (AvgIpc) is 3.12. The van der Waals surface area contributed by atoms with Crippen LogP contribution in [-0.4, -0.2) is 36.8 Å². The van der Waals surface area contributed by atoms with Crippen LogP contribution >= 0.6 is 0 Å². The Kier molecular flexibility index (Phi) is 14.9. The number of hydrogen-bond donors (Lipinski definition) is 0. The van der Waals surface area contributed by atoms with Crippen LogP contribution in [0.15, 0.2) is 84.9 Å². The van der Waals surface area contributed by atoms with Crippen molar-refractivity contribution in [2.75, 3.05) is 6.61 Å². The molecular formula is C41H45F3O7. The van der Waals surface area contributed by atoms with Crippen molar-refractivity contribution >= 4 is 28.7 Å². The standard InChI is InChI=1S/C41H45F3O7/c1-3-5-7-9-10-12-26-48-34-21-16-29(17-22-34)38(45)50-36-25-20-31-27-33(15-14-32(31)28-36)40(47)49-35-23-18-30(19-24-35)39(46)51-37(41(42,43)44)13-11-8-6-4-2/h14-25,27-28,37H,3-13,26H2,1-2H3. The third-order valence-corrected chi connectivity index (χ3v) is 8.35. The molecule has 0 radical (unpaired) electrons. The molecule has 0 saturated carbocycles. The van der Waals surface area contributed by atoms with E-state index in [-0.39, 0.29) is 23.3 Å². The third-order valence-electron chi connectivity index (χ3n) is 8.35. The summed E-state index contributed by atoms with van der Waals surface area (Å²) in [5.74, 6) is -1.16. The number of hydrogen-bond acceptors (Lipinski definition) is 7. The number of halogens is 3. The Labute approximate surface area is 297 Å². The lowest BCUT2D eigenvalue weighted by molar-refractivity contribution is -0.206. The van der Waals surface area contributed by atoms with E-state index in [0.29, 0.717) is 41.9 Å². The molecule has 0 saturated heterocycles. The number of rotatable bonds is 19. The fourth-order valence-corrected chi connectivity index (χ4v) is 5.41. The Morgan fingerprint density at radius 2 is 1.04 bits per heavy atom. The van der Waals surface area contributed by atoms with Gasteiger partial charge >= 0.3 is 24.1 Å². The van der Waals surface area contributed by atoms with E-state index in [0.717, 1.165) is 31.1 Å². The van der Waals surface area contributed by atoms with Crippen molar-refractivity contribution in [3.05, 3.63) is 102 Å². The van der Waals surface area contributed by atoms with Crippen LogP contribution in [-0.2, 0) is 4.74 Å². The second-order valence-electron chi connectivity index (χ2n) is 12.5. The summed E-state index contributed by atoms with van der Waals surface area (Å²) in [6, 6.07) is 21.9. The first-order chi connectivity index (χ1) is 24.6. The summed E-state index contributed by atoms with van der Waals surface area (Å²) in [5, 5.41) is 1.42. The molecule has 0 fully saturated rings. The lowest BCUT2D eigenvalue weighted by Crippen LogP contribution is -2.33. The van der Waals surface area contributed by atoms with Gasteiger partial charge in [0, 0.05) is 0 Å². The number of esters is 3. The van der Waals surface area contributed by atoms with Gasteiger partial charge in [-0.15, -0.1) is 0 Å². The predicted molar refractivity (Wildman–Crippen MR) is 190 cm³/mol. The topological polar surface area (TPSA) is 88.1 Å². The van der Waals surface area contributed by atoms with Gasteiger partial charge in [-0.05, 0) is 103 Å². The molecule has 0 aliphatic heterocycles. The number of unbranched alkanes of at least 4 members (excludes halogenated alkanes) is 8. The molecule has 4 aromatic carbocycles. The minimum atomic E-state index is -4.67. The summed E-state index contributed by atoms with van der Waals surface area (Å²) in [6.07, 6.45) is 2.53. The van der Waals surface area contributed by atoms with E-state index in [4.69, 9.17) is 18.9 Å². The van der Waals surface area contributed by atoms with Gasteiger partial charge in [0.05, 0.1) is 23.3 Å². The Morgan fingerprint density at radius 3 is 1.71 bits per heavy atom. The zero-order valence-electron chi connectivity index (χ0n) is 29.1. The third kappa shape index (κ3) is 12.5. The molecule has 0 aromatic heterocycles. The maximum absolute atomic E-state index is 13.4. The molecule has 51 heavy (non-hydrogen) atoms. The molecule has 0 N–H and O–H groups in total. The summed E-state index contributed by atoms with van der Waals surface area (Å²) in [6.45, 7) is 4.78. The van der Waals surface area contributed by atoms with Gasteiger partial charge < -0.3 is 18.9 Å². The van der Waals surface area contributed by atoms with E-state index in [1.54, 1.807) is 60.7 Å².